The van der Waals surface area contributed by atoms with Gasteiger partial charge in [0.1, 0.15) is 0 Å². The summed E-state index contributed by atoms with van der Waals surface area (Å²) in [7, 11) is 0. The van der Waals surface area contributed by atoms with Gasteiger partial charge in [0.25, 0.3) is 0 Å². The number of alkyl halides is 2. The van der Waals surface area contributed by atoms with Crippen LogP contribution in [0.1, 0.15) is 18.0 Å². The molecule has 3 rings (SSSR count). The number of fused-ring (bicyclic) bond motifs is 1. The average molecular weight is 368 g/mol. The number of rotatable bonds is 3. The third kappa shape index (κ3) is 4.15. The summed E-state index contributed by atoms with van der Waals surface area (Å²) in [6.45, 7) is 3.13. The molecule has 2 aliphatic rings. The molecule has 0 spiro atoms. The normalized spacial score (nSPS) is 19.9. The van der Waals surface area contributed by atoms with Crippen LogP contribution in [-0.2, 0) is 0 Å². The van der Waals surface area contributed by atoms with Crippen molar-refractivity contribution in [2.45, 2.75) is 18.8 Å². The maximum Gasteiger partial charge on any atom is 0.586 e. The number of piperazine rings is 1. The Kier molecular flexibility index (Phi) is 6.84. The SMILES string of the molecule is Cl.Cl.N#CC[C@H](c1cccc2c1OC(F)(F)O2)N1CCNCC1. The molecular weight excluding hydrogens is 351 g/mol. The van der Waals surface area contributed by atoms with Crippen molar-refractivity contribution in [1.29, 1.82) is 5.26 Å². The van der Waals surface area contributed by atoms with Gasteiger partial charge in [-0.1, -0.05) is 12.1 Å². The lowest BCUT2D eigenvalue weighted by molar-refractivity contribution is -0.287. The highest BCUT2D eigenvalue weighted by atomic mass is 35.5. The maximum absolute atomic E-state index is 13.3. The van der Waals surface area contributed by atoms with Crippen LogP contribution in [0.3, 0.4) is 0 Å². The Labute approximate surface area is 145 Å². The first kappa shape index (κ1) is 19.7. The number of nitriles is 1. The summed E-state index contributed by atoms with van der Waals surface area (Å²) in [5, 5.41) is 12.3. The highest BCUT2D eigenvalue weighted by molar-refractivity contribution is 5.85. The van der Waals surface area contributed by atoms with Gasteiger partial charge in [-0.15, -0.1) is 33.6 Å². The fourth-order valence-corrected chi connectivity index (χ4v) is 2.77. The highest BCUT2D eigenvalue weighted by Crippen LogP contribution is 2.46. The van der Waals surface area contributed by atoms with E-state index in [2.05, 4.69) is 25.8 Å². The molecule has 1 fully saturated rings. The number of nitrogens with zero attached hydrogens (tertiary/aromatic N) is 2. The molecule has 1 saturated heterocycles. The molecule has 2 aliphatic heterocycles. The summed E-state index contributed by atoms with van der Waals surface area (Å²) in [6.07, 6.45) is -3.43. The maximum atomic E-state index is 13.3. The third-order valence-electron chi connectivity index (χ3n) is 3.70. The van der Waals surface area contributed by atoms with Crippen LogP contribution in [0, 0.1) is 11.3 Å². The number of benzene rings is 1. The molecule has 1 aromatic rings. The first-order chi connectivity index (χ1) is 10.1. The molecule has 1 aromatic carbocycles. The van der Waals surface area contributed by atoms with E-state index in [1.165, 1.54) is 6.07 Å². The van der Waals surface area contributed by atoms with E-state index in [-0.39, 0.29) is 48.8 Å². The van der Waals surface area contributed by atoms with Gasteiger partial charge in [0, 0.05) is 31.7 Å². The van der Waals surface area contributed by atoms with E-state index in [1.807, 2.05) is 0 Å². The molecule has 5 nitrogen and oxygen atoms in total. The van der Waals surface area contributed by atoms with Gasteiger partial charge >= 0.3 is 6.29 Å². The molecule has 0 amide bonds. The van der Waals surface area contributed by atoms with Crippen LogP contribution in [0.4, 0.5) is 8.78 Å². The van der Waals surface area contributed by atoms with Crippen molar-refractivity contribution in [2.24, 2.45) is 0 Å². The van der Waals surface area contributed by atoms with E-state index in [0.717, 1.165) is 26.2 Å². The van der Waals surface area contributed by atoms with E-state index in [9.17, 15) is 8.78 Å². The van der Waals surface area contributed by atoms with E-state index < -0.39 is 6.29 Å². The lowest BCUT2D eigenvalue weighted by Crippen LogP contribution is -2.45. The van der Waals surface area contributed by atoms with Gasteiger partial charge in [-0.25, -0.2) is 0 Å². The summed E-state index contributed by atoms with van der Waals surface area (Å²) < 4.78 is 35.7. The second kappa shape index (κ2) is 7.97. The minimum absolute atomic E-state index is 0. The lowest BCUT2D eigenvalue weighted by Gasteiger charge is -2.34. The summed E-state index contributed by atoms with van der Waals surface area (Å²) in [5.41, 5.74) is 0.577. The molecule has 23 heavy (non-hydrogen) atoms. The molecule has 2 heterocycles. The van der Waals surface area contributed by atoms with Crippen LogP contribution in [0.25, 0.3) is 0 Å². The van der Waals surface area contributed by atoms with E-state index in [1.54, 1.807) is 12.1 Å². The van der Waals surface area contributed by atoms with Gasteiger partial charge in [0.05, 0.1) is 18.5 Å². The predicted molar refractivity (Wildman–Crippen MR) is 84.6 cm³/mol. The highest BCUT2D eigenvalue weighted by Gasteiger charge is 2.45. The summed E-state index contributed by atoms with van der Waals surface area (Å²) in [4.78, 5) is 2.11. The molecule has 1 atom stereocenters. The number of nitrogens with one attached hydrogen (secondary N) is 1. The van der Waals surface area contributed by atoms with Gasteiger partial charge in [0.2, 0.25) is 0 Å². The first-order valence-electron chi connectivity index (χ1n) is 6.81. The third-order valence-corrected chi connectivity index (χ3v) is 3.70. The fraction of sp³-hybridized carbons (Fsp3) is 0.500. The van der Waals surface area contributed by atoms with Crippen molar-refractivity contribution >= 4 is 24.8 Å². The van der Waals surface area contributed by atoms with Crippen molar-refractivity contribution in [3.05, 3.63) is 23.8 Å². The number of halogens is 4. The second-order valence-electron chi connectivity index (χ2n) is 5.01. The monoisotopic (exact) mass is 367 g/mol. The number of hydrogen-bond donors (Lipinski definition) is 1. The Hall–Kier alpha value is -1.33. The quantitative estimate of drug-likeness (QED) is 0.889. The fourth-order valence-electron chi connectivity index (χ4n) is 2.77. The second-order valence-corrected chi connectivity index (χ2v) is 5.01. The predicted octanol–water partition coefficient (Wildman–Crippen LogP) is 2.71. The van der Waals surface area contributed by atoms with Crippen LogP contribution in [0.5, 0.6) is 11.5 Å². The molecule has 128 valence electrons. The largest absolute Gasteiger partial charge is 0.586 e. The molecule has 0 bridgehead atoms. The van der Waals surface area contributed by atoms with Gasteiger partial charge < -0.3 is 14.8 Å². The van der Waals surface area contributed by atoms with E-state index in [0.29, 0.717) is 5.56 Å². The van der Waals surface area contributed by atoms with Crippen molar-refractivity contribution in [1.82, 2.24) is 10.2 Å². The molecular formula is C14H17Cl2F2N3O2. The average Bonchev–Trinajstić information content (AvgIpc) is 2.79. The minimum atomic E-state index is -3.64. The topological polar surface area (TPSA) is 57.5 Å². The molecule has 0 unspecified atom stereocenters. The Balaban J connectivity index is 0.00000132. The van der Waals surface area contributed by atoms with Crippen LogP contribution in [0.2, 0.25) is 0 Å². The zero-order valence-electron chi connectivity index (χ0n) is 12.1. The Morgan fingerprint density at radius 3 is 2.61 bits per heavy atom. The van der Waals surface area contributed by atoms with Gasteiger partial charge in [0.15, 0.2) is 11.5 Å². The van der Waals surface area contributed by atoms with E-state index >= 15 is 0 Å². The summed E-state index contributed by atoms with van der Waals surface area (Å²) >= 11 is 0. The van der Waals surface area contributed by atoms with Gasteiger partial charge in [-0.2, -0.15) is 5.26 Å². The Morgan fingerprint density at radius 1 is 1.26 bits per heavy atom. The summed E-state index contributed by atoms with van der Waals surface area (Å²) in [6, 6.07) is 6.66. The standard InChI is InChI=1S/C14H15F2N3O2.2ClH/c15-14(16)20-12-3-1-2-10(13(12)21-14)11(4-5-17)19-8-6-18-7-9-19;;/h1-3,11,18H,4,6-9H2;2*1H/t11-;;/m1../s1. The number of hydrogen-bond acceptors (Lipinski definition) is 5. The summed E-state index contributed by atoms with van der Waals surface area (Å²) in [5.74, 6) is 0.0665. The van der Waals surface area contributed by atoms with Crippen molar-refractivity contribution in [3.63, 3.8) is 0 Å². The van der Waals surface area contributed by atoms with E-state index in [4.69, 9.17) is 5.26 Å². The van der Waals surface area contributed by atoms with Crippen molar-refractivity contribution in [2.75, 3.05) is 26.2 Å². The first-order valence-corrected chi connectivity index (χ1v) is 6.81. The number of para-hydroxylation sites is 1. The Morgan fingerprint density at radius 2 is 1.96 bits per heavy atom. The van der Waals surface area contributed by atoms with Gasteiger partial charge in [-0.3, -0.25) is 4.90 Å². The molecule has 9 heteroatoms. The molecule has 0 aliphatic carbocycles. The molecule has 0 aromatic heterocycles. The van der Waals surface area contributed by atoms with Crippen LogP contribution >= 0.6 is 24.8 Å². The molecule has 0 radical (unpaired) electrons. The Bertz CT molecular complexity index is 578. The number of ether oxygens (including phenoxy) is 2. The molecule has 0 saturated carbocycles. The van der Waals surface area contributed by atoms with Crippen LogP contribution in [0.15, 0.2) is 18.2 Å². The lowest BCUT2D eigenvalue weighted by atomic mass is 10.00. The van der Waals surface area contributed by atoms with Crippen LogP contribution in [-0.4, -0.2) is 37.4 Å². The van der Waals surface area contributed by atoms with Crippen molar-refractivity contribution in [3.8, 4) is 17.6 Å². The minimum Gasteiger partial charge on any atom is -0.395 e. The molecule has 1 N–H and O–H groups in total. The van der Waals surface area contributed by atoms with Crippen LogP contribution < -0.4 is 14.8 Å². The smallest absolute Gasteiger partial charge is 0.395 e. The zero-order chi connectivity index (χ0) is 14.9. The van der Waals surface area contributed by atoms with Crippen molar-refractivity contribution < 1.29 is 18.3 Å². The van der Waals surface area contributed by atoms with Gasteiger partial charge in [-0.05, 0) is 6.07 Å². The zero-order valence-corrected chi connectivity index (χ0v) is 13.8.